The molecule has 0 aromatic heterocycles. The van der Waals surface area contributed by atoms with E-state index in [0.717, 1.165) is 36.8 Å². The van der Waals surface area contributed by atoms with Crippen LogP contribution in [0.4, 0.5) is 4.39 Å². The number of alkyl halides is 1. The molecule has 1 aromatic carbocycles. The zero-order chi connectivity index (χ0) is 11.8. The smallest absolute Gasteiger partial charge is 0.130 e. The summed E-state index contributed by atoms with van der Waals surface area (Å²) in [6.45, 7) is 3.20. The van der Waals surface area contributed by atoms with Gasteiger partial charge in [0.1, 0.15) is 5.67 Å². The lowest BCUT2D eigenvalue weighted by molar-refractivity contribution is 0.216. The highest BCUT2D eigenvalue weighted by atomic mass is 19.1. The van der Waals surface area contributed by atoms with Gasteiger partial charge in [-0.1, -0.05) is 37.1 Å². The summed E-state index contributed by atoms with van der Waals surface area (Å²) in [4.78, 5) is 0. The number of benzene rings is 1. The molecule has 0 heterocycles. The van der Waals surface area contributed by atoms with Gasteiger partial charge in [0, 0.05) is 5.54 Å². The van der Waals surface area contributed by atoms with Crippen LogP contribution in [0.15, 0.2) is 24.3 Å². The van der Waals surface area contributed by atoms with Gasteiger partial charge in [-0.25, -0.2) is 4.39 Å². The number of halogens is 1. The van der Waals surface area contributed by atoms with E-state index in [1.165, 1.54) is 0 Å². The van der Waals surface area contributed by atoms with E-state index >= 15 is 0 Å². The highest BCUT2D eigenvalue weighted by Crippen LogP contribution is 2.41. The molecule has 0 atom stereocenters. The van der Waals surface area contributed by atoms with Gasteiger partial charge in [0.25, 0.3) is 0 Å². The molecule has 0 aliphatic heterocycles. The number of rotatable bonds is 2. The molecule has 16 heavy (non-hydrogen) atoms. The molecule has 0 unspecified atom stereocenters. The van der Waals surface area contributed by atoms with Crippen molar-refractivity contribution in [2.45, 2.75) is 50.7 Å². The van der Waals surface area contributed by atoms with Gasteiger partial charge in [0.15, 0.2) is 0 Å². The van der Waals surface area contributed by atoms with Crippen molar-refractivity contribution in [1.29, 1.82) is 0 Å². The second-order valence-electron chi connectivity index (χ2n) is 5.38. The third-order valence-electron chi connectivity index (χ3n) is 3.60. The third-order valence-corrected chi connectivity index (χ3v) is 3.60. The van der Waals surface area contributed by atoms with E-state index in [0.29, 0.717) is 0 Å². The summed E-state index contributed by atoms with van der Waals surface area (Å²) in [7, 11) is 0. The van der Waals surface area contributed by atoms with Crippen molar-refractivity contribution in [1.82, 2.24) is 0 Å². The molecule has 1 aliphatic carbocycles. The van der Waals surface area contributed by atoms with Crippen LogP contribution in [0.1, 0.15) is 50.7 Å². The molecule has 1 aliphatic rings. The van der Waals surface area contributed by atoms with Gasteiger partial charge in [-0.05, 0) is 37.8 Å². The van der Waals surface area contributed by atoms with Gasteiger partial charge in [0.2, 0.25) is 0 Å². The van der Waals surface area contributed by atoms with Crippen molar-refractivity contribution in [3.63, 3.8) is 0 Å². The molecule has 1 saturated carbocycles. The molecule has 0 spiro atoms. The van der Waals surface area contributed by atoms with Crippen LogP contribution < -0.4 is 5.73 Å². The maximum atomic E-state index is 14.1. The van der Waals surface area contributed by atoms with Gasteiger partial charge in [0.05, 0.1) is 0 Å². The Bertz CT molecular complexity index is 373. The first-order chi connectivity index (χ1) is 7.43. The van der Waals surface area contributed by atoms with Crippen LogP contribution >= 0.6 is 0 Å². The summed E-state index contributed by atoms with van der Waals surface area (Å²) in [5.41, 5.74) is 6.54. The monoisotopic (exact) mass is 221 g/mol. The lowest BCUT2D eigenvalue weighted by Crippen LogP contribution is -2.35. The van der Waals surface area contributed by atoms with E-state index in [9.17, 15) is 4.39 Å². The minimum atomic E-state index is -1.31. The molecule has 1 nitrogen and oxygen atoms in total. The normalized spacial score (nSPS) is 20.0. The van der Waals surface area contributed by atoms with Crippen molar-refractivity contribution in [2.75, 3.05) is 0 Å². The fraction of sp³-hybridized carbons (Fsp3) is 0.571. The highest BCUT2D eigenvalue weighted by molar-refractivity contribution is 5.37. The summed E-state index contributed by atoms with van der Waals surface area (Å²) >= 11 is 0. The summed E-state index contributed by atoms with van der Waals surface area (Å²) in [6.07, 6.45) is 4.25. The van der Waals surface area contributed by atoms with E-state index < -0.39 is 5.67 Å². The predicted molar refractivity (Wildman–Crippen MR) is 64.9 cm³/mol. The van der Waals surface area contributed by atoms with Gasteiger partial charge < -0.3 is 5.73 Å². The van der Waals surface area contributed by atoms with Crippen LogP contribution in [0.3, 0.4) is 0 Å². The van der Waals surface area contributed by atoms with Crippen molar-refractivity contribution in [2.24, 2.45) is 5.73 Å². The fourth-order valence-corrected chi connectivity index (χ4v) is 2.71. The molecular formula is C14H20FN. The van der Waals surface area contributed by atoms with Crippen molar-refractivity contribution < 1.29 is 4.39 Å². The highest BCUT2D eigenvalue weighted by Gasteiger charge is 2.36. The Morgan fingerprint density at radius 2 is 1.75 bits per heavy atom. The summed E-state index contributed by atoms with van der Waals surface area (Å²) in [5, 5.41) is 0. The molecule has 88 valence electrons. The molecule has 2 heteroatoms. The standard InChI is InChI=1S/C14H20FN/c1-13(2,15)11-7-3-4-8-12(11)14(16)9-5-6-10-14/h3-4,7-8H,5-6,9-10,16H2,1-2H3. The molecule has 0 bridgehead atoms. The van der Waals surface area contributed by atoms with E-state index in [1.807, 2.05) is 24.3 Å². The zero-order valence-electron chi connectivity index (χ0n) is 10.1. The largest absolute Gasteiger partial charge is 0.321 e. The average molecular weight is 221 g/mol. The lowest BCUT2D eigenvalue weighted by atomic mass is 9.82. The topological polar surface area (TPSA) is 26.0 Å². The second-order valence-corrected chi connectivity index (χ2v) is 5.38. The number of hydrogen-bond acceptors (Lipinski definition) is 1. The minimum absolute atomic E-state index is 0.306. The molecule has 2 N–H and O–H groups in total. The second kappa shape index (κ2) is 3.85. The molecule has 1 aromatic rings. The van der Waals surface area contributed by atoms with Crippen LogP contribution in [0, 0.1) is 0 Å². The predicted octanol–water partition coefficient (Wildman–Crippen LogP) is 3.62. The van der Waals surface area contributed by atoms with Crippen molar-refractivity contribution >= 4 is 0 Å². The Morgan fingerprint density at radius 1 is 1.19 bits per heavy atom. The Hall–Kier alpha value is -0.890. The lowest BCUT2D eigenvalue weighted by Gasteiger charge is -2.30. The molecule has 0 radical (unpaired) electrons. The Morgan fingerprint density at radius 3 is 2.31 bits per heavy atom. The van der Waals surface area contributed by atoms with E-state index in [4.69, 9.17) is 5.73 Å². The number of hydrogen-bond donors (Lipinski definition) is 1. The maximum Gasteiger partial charge on any atom is 0.130 e. The van der Waals surface area contributed by atoms with Crippen molar-refractivity contribution in [3.8, 4) is 0 Å². The molecule has 0 amide bonds. The average Bonchev–Trinajstić information content (AvgIpc) is 2.65. The van der Waals surface area contributed by atoms with Gasteiger partial charge in [-0.2, -0.15) is 0 Å². The first-order valence-corrected chi connectivity index (χ1v) is 6.01. The van der Waals surface area contributed by atoms with Gasteiger partial charge in [-0.3, -0.25) is 0 Å². The molecule has 1 fully saturated rings. The Kier molecular flexibility index (Phi) is 2.79. The van der Waals surface area contributed by atoms with Crippen LogP contribution in [0.25, 0.3) is 0 Å². The first kappa shape index (κ1) is 11.6. The maximum absolute atomic E-state index is 14.1. The SMILES string of the molecule is CC(C)(F)c1ccccc1C1(N)CCCC1. The van der Waals surface area contributed by atoms with Crippen molar-refractivity contribution in [3.05, 3.63) is 35.4 Å². The third kappa shape index (κ3) is 1.99. The van der Waals surface area contributed by atoms with E-state index in [1.54, 1.807) is 13.8 Å². The van der Waals surface area contributed by atoms with Crippen LogP contribution in [0.2, 0.25) is 0 Å². The summed E-state index contributed by atoms with van der Waals surface area (Å²) < 4.78 is 14.1. The zero-order valence-corrected chi connectivity index (χ0v) is 10.1. The molecule has 0 saturated heterocycles. The number of nitrogens with two attached hydrogens (primary N) is 1. The minimum Gasteiger partial charge on any atom is -0.321 e. The van der Waals surface area contributed by atoms with Gasteiger partial charge >= 0.3 is 0 Å². The fourth-order valence-electron chi connectivity index (χ4n) is 2.71. The van der Waals surface area contributed by atoms with Crippen LogP contribution in [-0.2, 0) is 11.2 Å². The summed E-state index contributed by atoms with van der Waals surface area (Å²) in [5.74, 6) is 0. The van der Waals surface area contributed by atoms with E-state index in [2.05, 4.69) is 0 Å². The van der Waals surface area contributed by atoms with Crippen LogP contribution in [0.5, 0.6) is 0 Å². The van der Waals surface area contributed by atoms with Gasteiger partial charge in [-0.15, -0.1) is 0 Å². The summed E-state index contributed by atoms with van der Waals surface area (Å²) in [6, 6.07) is 7.69. The Balaban J connectivity index is 2.48. The van der Waals surface area contributed by atoms with Crippen LogP contribution in [-0.4, -0.2) is 0 Å². The quantitative estimate of drug-likeness (QED) is 0.811. The first-order valence-electron chi connectivity index (χ1n) is 6.01. The molecule has 2 rings (SSSR count). The Labute approximate surface area is 96.9 Å². The van der Waals surface area contributed by atoms with E-state index in [-0.39, 0.29) is 5.54 Å². The molecular weight excluding hydrogens is 201 g/mol.